The summed E-state index contributed by atoms with van der Waals surface area (Å²) in [5.41, 5.74) is 3.44. The first-order valence-corrected chi connectivity index (χ1v) is 10.1. The van der Waals surface area contributed by atoms with Crippen molar-refractivity contribution in [3.05, 3.63) is 63.9 Å². The zero-order valence-corrected chi connectivity index (χ0v) is 17.3. The molecule has 0 aliphatic rings. The van der Waals surface area contributed by atoms with Gasteiger partial charge in [0.25, 0.3) is 5.56 Å². The van der Waals surface area contributed by atoms with Crippen LogP contribution < -0.4 is 15.6 Å². The maximum atomic E-state index is 12.4. The van der Waals surface area contributed by atoms with E-state index in [0.29, 0.717) is 16.5 Å². The molecule has 3 rings (SSSR count). The quantitative estimate of drug-likeness (QED) is 0.579. The van der Waals surface area contributed by atoms with Crippen LogP contribution in [0.15, 0.2) is 52.4 Å². The lowest BCUT2D eigenvalue weighted by Crippen LogP contribution is -2.18. The van der Waals surface area contributed by atoms with Gasteiger partial charge in [-0.1, -0.05) is 36.9 Å². The summed E-state index contributed by atoms with van der Waals surface area (Å²) in [6, 6.07) is 12.9. The molecule has 150 valence electrons. The number of hydrogen-bond acceptors (Lipinski definition) is 6. The van der Waals surface area contributed by atoms with Crippen molar-refractivity contribution in [1.29, 1.82) is 0 Å². The second kappa shape index (κ2) is 9.38. The predicted octanol–water partition coefficient (Wildman–Crippen LogP) is 3.44. The molecule has 3 aromatic rings. The summed E-state index contributed by atoms with van der Waals surface area (Å²) in [5, 5.41) is 11.3. The van der Waals surface area contributed by atoms with E-state index < -0.39 is 0 Å². The fourth-order valence-electron chi connectivity index (χ4n) is 2.84. The topological polar surface area (TPSA) is 97.0 Å². The van der Waals surface area contributed by atoms with Crippen LogP contribution in [0.5, 0.6) is 5.75 Å². The number of H-pyrrole nitrogens is 1. The SMILES string of the molecule is CCc1cccc(C)c1NC(=O)CSc1nnc(-c2ccc(OC)cc2)c(=O)[nH]1. The molecule has 0 bridgehead atoms. The lowest BCUT2D eigenvalue weighted by Gasteiger charge is -2.12. The molecule has 0 radical (unpaired) electrons. The van der Waals surface area contributed by atoms with Gasteiger partial charge < -0.3 is 10.1 Å². The number of methoxy groups -OCH3 is 1. The number of thioether (sulfide) groups is 1. The van der Waals surface area contributed by atoms with Gasteiger partial charge in [-0.05, 0) is 48.7 Å². The Kier molecular flexibility index (Phi) is 6.66. The maximum absolute atomic E-state index is 12.4. The number of aromatic amines is 1. The molecule has 0 atom stereocenters. The molecule has 0 fully saturated rings. The Labute approximate surface area is 172 Å². The fourth-order valence-corrected chi connectivity index (χ4v) is 3.44. The largest absolute Gasteiger partial charge is 0.497 e. The molecule has 7 nitrogen and oxygen atoms in total. The molecule has 8 heteroatoms. The Morgan fingerprint density at radius 2 is 1.93 bits per heavy atom. The van der Waals surface area contributed by atoms with Crippen LogP contribution in [-0.4, -0.2) is 34.0 Å². The van der Waals surface area contributed by atoms with Gasteiger partial charge >= 0.3 is 0 Å². The molecule has 29 heavy (non-hydrogen) atoms. The van der Waals surface area contributed by atoms with Gasteiger partial charge in [-0.2, -0.15) is 0 Å². The lowest BCUT2D eigenvalue weighted by atomic mass is 10.1. The second-order valence-corrected chi connectivity index (χ2v) is 7.30. The zero-order chi connectivity index (χ0) is 20.8. The third-order valence-electron chi connectivity index (χ3n) is 4.38. The van der Waals surface area contributed by atoms with Crippen LogP contribution in [0.3, 0.4) is 0 Å². The Hall–Kier alpha value is -3.13. The number of carbonyl (C=O) groups is 1. The minimum atomic E-state index is -0.361. The number of carbonyl (C=O) groups excluding carboxylic acids is 1. The molecule has 0 spiro atoms. The molecule has 0 saturated heterocycles. The summed E-state index contributed by atoms with van der Waals surface area (Å²) in [6.45, 7) is 4.01. The Morgan fingerprint density at radius 3 is 2.59 bits per heavy atom. The highest BCUT2D eigenvalue weighted by atomic mass is 32.2. The van der Waals surface area contributed by atoms with Crippen molar-refractivity contribution in [2.75, 3.05) is 18.2 Å². The minimum Gasteiger partial charge on any atom is -0.497 e. The van der Waals surface area contributed by atoms with Crippen LogP contribution in [0, 0.1) is 6.92 Å². The van der Waals surface area contributed by atoms with E-state index >= 15 is 0 Å². The second-order valence-electron chi connectivity index (χ2n) is 6.34. The summed E-state index contributed by atoms with van der Waals surface area (Å²) in [4.78, 5) is 27.4. The third kappa shape index (κ3) is 5.03. The molecule has 2 aromatic carbocycles. The van der Waals surface area contributed by atoms with E-state index in [4.69, 9.17) is 4.74 Å². The molecule has 0 aliphatic heterocycles. The van der Waals surface area contributed by atoms with Gasteiger partial charge in [0.15, 0.2) is 10.9 Å². The number of nitrogens with zero attached hydrogens (tertiary/aromatic N) is 2. The van der Waals surface area contributed by atoms with Gasteiger partial charge in [0.2, 0.25) is 5.91 Å². The van der Waals surface area contributed by atoms with E-state index in [1.165, 1.54) is 0 Å². The molecule has 0 aliphatic carbocycles. The first-order chi connectivity index (χ1) is 14.0. The lowest BCUT2D eigenvalue weighted by molar-refractivity contribution is -0.113. The van der Waals surface area contributed by atoms with Crippen molar-refractivity contribution in [2.45, 2.75) is 25.4 Å². The number of rotatable bonds is 7. The monoisotopic (exact) mass is 410 g/mol. The summed E-state index contributed by atoms with van der Waals surface area (Å²) in [5.74, 6) is 0.640. The van der Waals surface area contributed by atoms with Gasteiger partial charge in [0.1, 0.15) is 5.75 Å². The maximum Gasteiger partial charge on any atom is 0.278 e. The van der Waals surface area contributed by atoms with E-state index in [-0.39, 0.29) is 22.9 Å². The molecule has 1 amide bonds. The number of para-hydroxylation sites is 1. The fraction of sp³-hybridized carbons (Fsp3) is 0.238. The molecule has 1 aromatic heterocycles. The van der Waals surface area contributed by atoms with Crippen molar-refractivity contribution in [2.24, 2.45) is 0 Å². The van der Waals surface area contributed by atoms with Crippen molar-refractivity contribution < 1.29 is 9.53 Å². The number of anilines is 1. The summed E-state index contributed by atoms with van der Waals surface area (Å²) < 4.78 is 5.11. The molecule has 2 N–H and O–H groups in total. The molecule has 1 heterocycles. The van der Waals surface area contributed by atoms with Crippen LogP contribution in [0.25, 0.3) is 11.3 Å². The first-order valence-electron chi connectivity index (χ1n) is 9.14. The number of ether oxygens (including phenoxy) is 1. The van der Waals surface area contributed by atoms with E-state index in [1.54, 1.807) is 31.4 Å². The van der Waals surface area contributed by atoms with E-state index in [9.17, 15) is 9.59 Å². The van der Waals surface area contributed by atoms with E-state index in [1.807, 2.05) is 32.0 Å². The van der Waals surface area contributed by atoms with Crippen LogP contribution in [-0.2, 0) is 11.2 Å². The molecule has 0 saturated carbocycles. The van der Waals surface area contributed by atoms with Crippen molar-refractivity contribution in [1.82, 2.24) is 15.2 Å². The van der Waals surface area contributed by atoms with Crippen molar-refractivity contribution in [3.8, 4) is 17.0 Å². The van der Waals surface area contributed by atoms with E-state index in [0.717, 1.165) is 35.0 Å². The van der Waals surface area contributed by atoms with Crippen LogP contribution >= 0.6 is 11.8 Å². The number of aryl methyl sites for hydroxylation is 2. The first kappa shape index (κ1) is 20.6. The normalized spacial score (nSPS) is 10.6. The van der Waals surface area contributed by atoms with Gasteiger partial charge in [0, 0.05) is 11.3 Å². The number of amides is 1. The summed E-state index contributed by atoms with van der Waals surface area (Å²) in [7, 11) is 1.58. The van der Waals surface area contributed by atoms with Crippen LogP contribution in [0.4, 0.5) is 5.69 Å². The zero-order valence-electron chi connectivity index (χ0n) is 16.5. The minimum absolute atomic E-state index is 0.115. The standard InChI is InChI=1S/C21H22N4O3S/c1-4-14-7-5-6-13(2)18(14)22-17(26)12-29-21-23-20(27)19(24-25-21)15-8-10-16(28-3)11-9-15/h5-11H,4,12H2,1-3H3,(H,22,26)(H,23,25,27). The van der Waals surface area contributed by atoms with Crippen molar-refractivity contribution in [3.63, 3.8) is 0 Å². The highest BCUT2D eigenvalue weighted by Gasteiger charge is 2.12. The third-order valence-corrected chi connectivity index (χ3v) is 5.25. The Bertz CT molecular complexity index is 1060. The summed E-state index contributed by atoms with van der Waals surface area (Å²) >= 11 is 1.13. The van der Waals surface area contributed by atoms with Crippen molar-refractivity contribution >= 4 is 23.4 Å². The molecule has 0 unspecified atom stereocenters. The average molecular weight is 410 g/mol. The summed E-state index contributed by atoms with van der Waals surface area (Å²) in [6.07, 6.45) is 0.829. The van der Waals surface area contributed by atoms with E-state index in [2.05, 4.69) is 20.5 Å². The Morgan fingerprint density at radius 1 is 1.17 bits per heavy atom. The number of benzene rings is 2. The number of hydrogen-bond donors (Lipinski definition) is 2. The van der Waals surface area contributed by atoms with Crippen LogP contribution in [0.2, 0.25) is 0 Å². The Balaban J connectivity index is 1.66. The van der Waals surface area contributed by atoms with Gasteiger partial charge in [0.05, 0.1) is 12.9 Å². The smallest absolute Gasteiger partial charge is 0.278 e. The van der Waals surface area contributed by atoms with Gasteiger partial charge in [-0.25, -0.2) is 0 Å². The average Bonchev–Trinajstić information content (AvgIpc) is 2.74. The number of aromatic nitrogens is 3. The van der Waals surface area contributed by atoms with Gasteiger partial charge in [-0.15, -0.1) is 10.2 Å². The highest BCUT2D eigenvalue weighted by molar-refractivity contribution is 7.99. The number of nitrogens with one attached hydrogen (secondary N) is 2. The highest BCUT2D eigenvalue weighted by Crippen LogP contribution is 2.22. The van der Waals surface area contributed by atoms with Gasteiger partial charge in [-0.3, -0.25) is 14.6 Å². The van der Waals surface area contributed by atoms with Crippen LogP contribution in [0.1, 0.15) is 18.1 Å². The molecular weight excluding hydrogens is 388 g/mol. The molecular formula is C21H22N4O3S. The predicted molar refractivity (Wildman–Crippen MR) is 115 cm³/mol.